The summed E-state index contributed by atoms with van der Waals surface area (Å²) in [5.41, 5.74) is 4.38. The van der Waals surface area contributed by atoms with Crippen molar-refractivity contribution in [1.82, 2.24) is 14.3 Å². The maximum absolute atomic E-state index is 13.3. The standard InChI is InChI=1S/C30H27N5O2S/c31-17-21-7-11-25(12-8-21)32-29(36)34(18-27-6-3-15-37-27)14-13-26-20-38-30-33-28(19-35(26)30)24-10-9-22-4-1-2-5-23(22)16-24/h1-2,4-5,7-12,16,19-20,27H,3,6,13-15,18H2,(H,32,36). The lowest BCUT2D eigenvalue weighted by molar-refractivity contribution is 0.0838. The number of nitriles is 1. The van der Waals surface area contributed by atoms with E-state index in [0.717, 1.165) is 41.4 Å². The summed E-state index contributed by atoms with van der Waals surface area (Å²) in [6, 6.07) is 23.6. The molecule has 6 rings (SSSR count). The van der Waals surface area contributed by atoms with Crippen molar-refractivity contribution in [1.29, 1.82) is 5.26 Å². The largest absolute Gasteiger partial charge is 0.376 e. The SMILES string of the molecule is N#Cc1ccc(NC(=O)N(CCc2csc3nc(-c4ccc5ccccc5c4)cn23)CC2CCCO2)cc1. The van der Waals surface area contributed by atoms with Crippen LogP contribution < -0.4 is 5.32 Å². The minimum atomic E-state index is -0.167. The first-order valence-corrected chi connectivity index (χ1v) is 13.7. The quantitative estimate of drug-likeness (QED) is 0.271. The van der Waals surface area contributed by atoms with Crippen LogP contribution in [0.3, 0.4) is 0 Å². The Labute approximate surface area is 224 Å². The molecule has 1 N–H and O–H groups in total. The van der Waals surface area contributed by atoms with Gasteiger partial charge >= 0.3 is 6.03 Å². The van der Waals surface area contributed by atoms with Gasteiger partial charge in [0.1, 0.15) is 0 Å². The number of benzene rings is 3. The van der Waals surface area contributed by atoms with Crippen LogP contribution in [0.25, 0.3) is 27.0 Å². The summed E-state index contributed by atoms with van der Waals surface area (Å²) in [4.78, 5) is 20.9. The van der Waals surface area contributed by atoms with Crippen LogP contribution in [0.5, 0.6) is 0 Å². The molecule has 0 spiro atoms. The van der Waals surface area contributed by atoms with Crippen LogP contribution in [0.2, 0.25) is 0 Å². The van der Waals surface area contributed by atoms with Crippen LogP contribution in [0.4, 0.5) is 10.5 Å². The van der Waals surface area contributed by atoms with Gasteiger partial charge in [-0.05, 0) is 53.9 Å². The van der Waals surface area contributed by atoms with Gasteiger partial charge in [0.2, 0.25) is 0 Å². The Kier molecular flexibility index (Phi) is 6.78. The fraction of sp³-hybridized carbons (Fsp3) is 0.233. The Morgan fingerprint density at radius 3 is 2.79 bits per heavy atom. The molecule has 1 fully saturated rings. The van der Waals surface area contributed by atoms with E-state index in [9.17, 15) is 4.79 Å². The van der Waals surface area contributed by atoms with E-state index in [1.54, 1.807) is 35.6 Å². The number of nitrogens with zero attached hydrogens (tertiary/aromatic N) is 4. The molecule has 5 aromatic rings. The van der Waals surface area contributed by atoms with Gasteiger partial charge in [-0.15, -0.1) is 11.3 Å². The van der Waals surface area contributed by atoms with E-state index >= 15 is 0 Å². The third kappa shape index (κ3) is 5.12. The fourth-order valence-corrected chi connectivity index (χ4v) is 5.79. The van der Waals surface area contributed by atoms with E-state index in [1.165, 1.54) is 10.8 Å². The summed E-state index contributed by atoms with van der Waals surface area (Å²) in [5.74, 6) is 0. The molecule has 1 saturated heterocycles. The van der Waals surface area contributed by atoms with E-state index < -0.39 is 0 Å². The Morgan fingerprint density at radius 1 is 1.16 bits per heavy atom. The number of carbonyl (C=O) groups excluding carboxylic acids is 1. The second-order valence-electron chi connectivity index (χ2n) is 9.52. The van der Waals surface area contributed by atoms with Gasteiger partial charge < -0.3 is 15.0 Å². The number of hydrogen-bond acceptors (Lipinski definition) is 5. The maximum Gasteiger partial charge on any atom is 0.321 e. The molecular formula is C30H27N5O2S. The number of anilines is 1. The van der Waals surface area contributed by atoms with E-state index in [2.05, 4.69) is 63.8 Å². The van der Waals surface area contributed by atoms with Crippen molar-refractivity contribution < 1.29 is 9.53 Å². The molecule has 8 heteroatoms. The highest BCUT2D eigenvalue weighted by atomic mass is 32.1. The first-order valence-electron chi connectivity index (χ1n) is 12.8. The lowest BCUT2D eigenvalue weighted by Gasteiger charge is -2.25. The predicted octanol–water partition coefficient (Wildman–Crippen LogP) is 6.34. The number of rotatable bonds is 7. The van der Waals surface area contributed by atoms with Gasteiger partial charge in [0.25, 0.3) is 0 Å². The molecule has 1 unspecified atom stereocenters. The molecule has 1 aliphatic heterocycles. The van der Waals surface area contributed by atoms with Crippen molar-refractivity contribution in [2.45, 2.75) is 25.4 Å². The lowest BCUT2D eigenvalue weighted by Crippen LogP contribution is -2.41. The van der Waals surface area contributed by atoms with Crippen LogP contribution in [0.15, 0.2) is 78.3 Å². The van der Waals surface area contributed by atoms with Crippen LogP contribution in [0, 0.1) is 11.3 Å². The zero-order valence-electron chi connectivity index (χ0n) is 20.8. The average molecular weight is 522 g/mol. The second kappa shape index (κ2) is 10.7. The third-order valence-corrected chi connectivity index (χ3v) is 7.86. The number of hydrogen-bond donors (Lipinski definition) is 1. The lowest BCUT2D eigenvalue weighted by atomic mass is 10.1. The van der Waals surface area contributed by atoms with E-state index in [0.29, 0.717) is 30.8 Å². The zero-order chi connectivity index (χ0) is 25.9. The van der Waals surface area contributed by atoms with Crippen molar-refractivity contribution in [3.8, 4) is 17.3 Å². The van der Waals surface area contributed by atoms with Crippen molar-refractivity contribution in [3.63, 3.8) is 0 Å². The summed E-state index contributed by atoms with van der Waals surface area (Å²) in [7, 11) is 0. The first-order chi connectivity index (χ1) is 18.7. The number of ether oxygens (including phenoxy) is 1. The monoisotopic (exact) mass is 521 g/mol. The molecule has 3 heterocycles. The van der Waals surface area contributed by atoms with Crippen molar-refractivity contribution in [2.24, 2.45) is 0 Å². The first kappa shape index (κ1) is 24.2. The second-order valence-corrected chi connectivity index (χ2v) is 10.4. The third-order valence-electron chi connectivity index (χ3n) is 6.97. The molecule has 0 radical (unpaired) electrons. The highest BCUT2D eigenvalue weighted by Gasteiger charge is 2.23. The van der Waals surface area contributed by atoms with Crippen LogP contribution in [-0.2, 0) is 11.2 Å². The minimum Gasteiger partial charge on any atom is -0.376 e. The molecule has 1 atom stereocenters. The van der Waals surface area contributed by atoms with Crippen LogP contribution >= 0.6 is 11.3 Å². The number of thiazole rings is 1. The van der Waals surface area contributed by atoms with E-state index in [-0.39, 0.29) is 12.1 Å². The Morgan fingerprint density at radius 2 is 2.00 bits per heavy atom. The van der Waals surface area contributed by atoms with E-state index in [4.69, 9.17) is 15.0 Å². The number of imidazole rings is 1. The van der Waals surface area contributed by atoms with Gasteiger partial charge in [0.15, 0.2) is 4.96 Å². The Hall–Kier alpha value is -4.19. The summed E-state index contributed by atoms with van der Waals surface area (Å²) in [5, 5.41) is 16.5. The van der Waals surface area contributed by atoms with Crippen molar-refractivity contribution in [2.75, 3.05) is 25.0 Å². The molecule has 38 heavy (non-hydrogen) atoms. The molecule has 3 aromatic carbocycles. The highest BCUT2D eigenvalue weighted by molar-refractivity contribution is 7.15. The number of nitrogens with one attached hydrogen (secondary N) is 1. The van der Waals surface area contributed by atoms with Crippen LogP contribution in [-0.4, -0.2) is 46.1 Å². The summed E-state index contributed by atoms with van der Waals surface area (Å²) in [6.45, 7) is 1.84. The van der Waals surface area contributed by atoms with Gasteiger partial charge in [-0.25, -0.2) is 9.78 Å². The number of aromatic nitrogens is 2. The fourth-order valence-electron chi connectivity index (χ4n) is 4.89. The molecule has 0 saturated carbocycles. The maximum atomic E-state index is 13.3. The topological polar surface area (TPSA) is 82.7 Å². The molecule has 190 valence electrons. The van der Waals surface area contributed by atoms with Gasteiger partial charge in [-0.1, -0.05) is 36.4 Å². The molecule has 1 aliphatic rings. The molecule has 0 aliphatic carbocycles. The Bertz CT molecular complexity index is 1630. The zero-order valence-corrected chi connectivity index (χ0v) is 21.7. The number of amides is 2. The smallest absolute Gasteiger partial charge is 0.321 e. The molecule has 7 nitrogen and oxygen atoms in total. The molecular weight excluding hydrogens is 494 g/mol. The molecule has 2 aromatic heterocycles. The van der Waals surface area contributed by atoms with Gasteiger partial charge in [0, 0.05) is 54.6 Å². The molecule has 0 bridgehead atoms. The normalized spacial score (nSPS) is 15.1. The summed E-state index contributed by atoms with van der Waals surface area (Å²) >= 11 is 1.61. The highest BCUT2D eigenvalue weighted by Crippen LogP contribution is 2.27. The minimum absolute atomic E-state index is 0.0527. The number of urea groups is 1. The van der Waals surface area contributed by atoms with Gasteiger partial charge in [-0.3, -0.25) is 4.40 Å². The van der Waals surface area contributed by atoms with Crippen LogP contribution in [0.1, 0.15) is 24.1 Å². The van der Waals surface area contributed by atoms with E-state index in [1.807, 2.05) is 11.0 Å². The summed E-state index contributed by atoms with van der Waals surface area (Å²) < 4.78 is 7.97. The van der Waals surface area contributed by atoms with Crippen molar-refractivity contribution >= 4 is 38.8 Å². The van der Waals surface area contributed by atoms with Crippen molar-refractivity contribution in [3.05, 3.63) is 89.6 Å². The Balaban J connectivity index is 1.19. The van der Waals surface area contributed by atoms with Gasteiger partial charge in [0.05, 0.1) is 23.4 Å². The average Bonchev–Trinajstić information content (AvgIpc) is 3.70. The number of carbonyl (C=O) groups is 1. The molecule has 2 amide bonds. The summed E-state index contributed by atoms with van der Waals surface area (Å²) in [6.07, 6.45) is 4.82. The number of fused-ring (bicyclic) bond motifs is 2. The predicted molar refractivity (Wildman–Crippen MR) is 150 cm³/mol. The van der Waals surface area contributed by atoms with Gasteiger partial charge in [-0.2, -0.15) is 5.26 Å².